The number of aromatic nitrogens is 3. The van der Waals surface area contributed by atoms with E-state index in [-0.39, 0.29) is 0 Å². The quantitative estimate of drug-likeness (QED) is 0.883. The normalized spacial score (nSPS) is 19.5. The largest absolute Gasteiger partial charge is 0.316 e. The fourth-order valence-electron chi connectivity index (χ4n) is 2.63. The van der Waals surface area contributed by atoms with Crippen LogP contribution >= 0.6 is 0 Å². The number of H-pyrrole nitrogens is 1. The first kappa shape index (κ1) is 12.4. The van der Waals surface area contributed by atoms with Crippen molar-refractivity contribution in [3.63, 3.8) is 0 Å². The van der Waals surface area contributed by atoms with Gasteiger partial charge < -0.3 is 5.32 Å². The Morgan fingerprint density at radius 1 is 1.21 bits per heavy atom. The standard InChI is InChI=1S/C15H20N4/c1-2-6-13(7-3-1)15-17-14(18-19-15)9-8-12-5-4-10-16-11-12/h1-3,6-7,12,16H,4-5,8-11H2,(H,17,18,19). The molecule has 0 radical (unpaired) electrons. The van der Waals surface area contributed by atoms with E-state index in [0.717, 1.165) is 36.1 Å². The second-order valence-corrected chi connectivity index (χ2v) is 5.22. The summed E-state index contributed by atoms with van der Waals surface area (Å²) in [5, 5.41) is 10.8. The molecule has 2 N–H and O–H groups in total. The number of piperidine rings is 1. The first-order chi connectivity index (χ1) is 9.42. The van der Waals surface area contributed by atoms with Gasteiger partial charge in [-0.25, -0.2) is 4.98 Å². The molecule has 100 valence electrons. The highest BCUT2D eigenvalue weighted by molar-refractivity contribution is 5.53. The van der Waals surface area contributed by atoms with E-state index < -0.39 is 0 Å². The molecule has 3 rings (SSSR count). The SMILES string of the molecule is c1ccc(-c2n[nH]c(CCC3CCCNC3)n2)cc1. The molecular formula is C15H20N4. The summed E-state index contributed by atoms with van der Waals surface area (Å²) in [7, 11) is 0. The minimum absolute atomic E-state index is 0.791. The fourth-order valence-corrected chi connectivity index (χ4v) is 2.63. The van der Waals surface area contributed by atoms with Gasteiger partial charge >= 0.3 is 0 Å². The maximum Gasteiger partial charge on any atom is 0.181 e. The zero-order chi connectivity index (χ0) is 12.9. The molecule has 0 saturated carbocycles. The lowest BCUT2D eigenvalue weighted by Crippen LogP contribution is -2.30. The van der Waals surface area contributed by atoms with Gasteiger partial charge in [-0.1, -0.05) is 30.3 Å². The van der Waals surface area contributed by atoms with Gasteiger partial charge in [0.2, 0.25) is 0 Å². The summed E-state index contributed by atoms with van der Waals surface area (Å²) in [6.45, 7) is 2.33. The van der Waals surface area contributed by atoms with Crippen LogP contribution in [0.15, 0.2) is 30.3 Å². The summed E-state index contributed by atoms with van der Waals surface area (Å²) in [5.74, 6) is 2.60. The molecule has 0 aliphatic carbocycles. The maximum atomic E-state index is 4.58. The number of rotatable bonds is 4. The molecule has 0 amide bonds. The van der Waals surface area contributed by atoms with E-state index in [0.29, 0.717) is 0 Å². The Balaban J connectivity index is 1.59. The van der Waals surface area contributed by atoms with E-state index in [1.54, 1.807) is 0 Å². The average molecular weight is 256 g/mol. The lowest BCUT2D eigenvalue weighted by molar-refractivity contribution is 0.356. The number of benzene rings is 1. The van der Waals surface area contributed by atoms with Crippen molar-refractivity contribution >= 4 is 0 Å². The Morgan fingerprint density at radius 3 is 2.89 bits per heavy atom. The average Bonchev–Trinajstić information content (AvgIpc) is 2.96. The second kappa shape index (κ2) is 5.97. The fraction of sp³-hybridized carbons (Fsp3) is 0.467. The van der Waals surface area contributed by atoms with Crippen LogP contribution in [-0.2, 0) is 6.42 Å². The molecule has 1 aromatic heterocycles. The Hall–Kier alpha value is -1.68. The molecule has 1 atom stereocenters. The molecule has 1 aliphatic heterocycles. The Morgan fingerprint density at radius 2 is 2.11 bits per heavy atom. The monoisotopic (exact) mass is 256 g/mol. The third kappa shape index (κ3) is 3.20. The first-order valence-electron chi connectivity index (χ1n) is 7.09. The van der Waals surface area contributed by atoms with E-state index in [4.69, 9.17) is 0 Å². The molecule has 1 aliphatic rings. The van der Waals surface area contributed by atoms with Crippen molar-refractivity contribution in [1.29, 1.82) is 0 Å². The molecule has 2 heterocycles. The van der Waals surface area contributed by atoms with Gasteiger partial charge in [-0.3, -0.25) is 5.10 Å². The number of hydrogen-bond donors (Lipinski definition) is 2. The van der Waals surface area contributed by atoms with Gasteiger partial charge in [-0.05, 0) is 38.3 Å². The Kier molecular flexibility index (Phi) is 3.89. The smallest absolute Gasteiger partial charge is 0.181 e. The number of aryl methyl sites for hydroxylation is 1. The van der Waals surface area contributed by atoms with Crippen molar-refractivity contribution in [2.45, 2.75) is 25.7 Å². The van der Waals surface area contributed by atoms with Crippen LogP contribution in [0.25, 0.3) is 11.4 Å². The third-order valence-corrected chi connectivity index (χ3v) is 3.75. The summed E-state index contributed by atoms with van der Waals surface area (Å²) in [6, 6.07) is 10.1. The first-order valence-corrected chi connectivity index (χ1v) is 7.09. The highest BCUT2D eigenvalue weighted by Gasteiger charge is 2.14. The minimum atomic E-state index is 0.791. The van der Waals surface area contributed by atoms with Gasteiger partial charge in [0.05, 0.1) is 0 Å². The van der Waals surface area contributed by atoms with Crippen molar-refractivity contribution in [3.8, 4) is 11.4 Å². The zero-order valence-electron chi connectivity index (χ0n) is 11.1. The molecule has 2 aromatic rings. The third-order valence-electron chi connectivity index (χ3n) is 3.75. The van der Waals surface area contributed by atoms with Crippen LogP contribution in [0.2, 0.25) is 0 Å². The molecule has 1 aromatic carbocycles. The lowest BCUT2D eigenvalue weighted by atomic mass is 9.95. The van der Waals surface area contributed by atoms with Crippen LogP contribution in [-0.4, -0.2) is 28.3 Å². The van der Waals surface area contributed by atoms with Crippen molar-refractivity contribution in [3.05, 3.63) is 36.2 Å². The van der Waals surface area contributed by atoms with Gasteiger partial charge in [0.15, 0.2) is 5.82 Å². The molecular weight excluding hydrogens is 236 g/mol. The topological polar surface area (TPSA) is 53.6 Å². The Bertz CT molecular complexity index is 500. The van der Waals surface area contributed by atoms with Gasteiger partial charge in [-0.2, -0.15) is 5.10 Å². The number of aromatic amines is 1. The molecule has 19 heavy (non-hydrogen) atoms. The zero-order valence-corrected chi connectivity index (χ0v) is 11.1. The van der Waals surface area contributed by atoms with Crippen LogP contribution in [0.4, 0.5) is 0 Å². The van der Waals surface area contributed by atoms with Crippen LogP contribution in [0.3, 0.4) is 0 Å². The van der Waals surface area contributed by atoms with Crippen molar-refractivity contribution in [1.82, 2.24) is 20.5 Å². The van der Waals surface area contributed by atoms with E-state index in [1.807, 2.05) is 30.3 Å². The molecule has 4 nitrogen and oxygen atoms in total. The molecule has 1 unspecified atom stereocenters. The van der Waals surface area contributed by atoms with Gasteiger partial charge in [-0.15, -0.1) is 0 Å². The Labute approximate surface area is 113 Å². The summed E-state index contributed by atoms with van der Waals surface area (Å²) >= 11 is 0. The molecule has 1 saturated heterocycles. The van der Waals surface area contributed by atoms with E-state index in [1.165, 1.54) is 25.8 Å². The molecule has 1 fully saturated rings. The predicted molar refractivity (Wildman–Crippen MR) is 75.7 cm³/mol. The highest BCUT2D eigenvalue weighted by atomic mass is 15.2. The molecule has 4 heteroatoms. The van der Waals surface area contributed by atoms with Crippen LogP contribution < -0.4 is 5.32 Å². The number of nitrogens with one attached hydrogen (secondary N) is 2. The van der Waals surface area contributed by atoms with Crippen LogP contribution in [0.5, 0.6) is 0 Å². The van der Waals surface area contributed by atoms with Crippen LogP contribution in [0.1, 0.15) is 25.1 Å². The van der Waals surface area contributed by atoms with Crippen molar-refractivity contribution in [2.75, 3.05) is 13.1 Å². The maximum absolute atomic E-state index is 4.58. The summed E-state index contributed by atoms with van der Waals surface area (Å²) in [5.41, 5.74) is 1.07. The van der Waals surface area contributed by atoms with Gasteiger partial charge in [0.25, 0.3) is 0 Å². The lowest BCUT2D eigenvalue weighted by Gasteiger charge is -2.21. The van der Waals surface area contributed by atoms with E-state index in [2.05, 4.69) is 20.5 Å². The summed E-state index contributed by atoms with van der Waals surface area (Å²) in [6.07, 6.45) is 4.83. The van der Waals surface area contributed by atoms with Gasteiger partial charge in [0.1, 0.15) is 5.82 Å². The molecule has 0 spiro atoms. The van der Waals surface area contributed by atoms with E-state index in [9.17, 15) is 0 Å². The highest BCUT2D eigenvalue weighted by Crippen LogP contribution is 2.17. The summed E-state index contributed by atoms with van der Waals surface area (Å²) < 4.78 is 0. The van der Waals surface area contributed by atoms with Crippen molar-refractivity contribution in [2.24, 2.45) is 5.92 Å². The van der Waals surface area contributed by atoms with E-state index >= 15 is 0 Å². The number of nitrogens with zero attached hydrogens (tertiary/aromatic N) is 2. The van der Waals surface area contributed by atoms with Gasteiger partial charge in [0, 0.05) is 12.0 Å². The van der Waals surface area contributed by atoms with Crippen LogP contribution in [0, 0.1) is 5.92 Å². The minimum Gasteiger partial charge on any atom is -0.316 e. The number of hydrogen-bond acceptors (Lipinski definition) is 3. The molecule has 0 bridgehead atoms. The predicted octanol–water partition coefficient (Wildman–Crippen LogP) is 2.40. The summed E-state index contributed by atoms with van der Waals surface area (Å²) in [4.78, 5) is 4.58. The second-order valence-electron chi connectivity index (χ2n) is 5.22. The van der Waals surface area contributed by atoms with Crippen molar-refractivity contribution < 1.29 is 0 Å².